The molecule has 0 bridgehead atoms. The van der Waals surface area contributed by atoms with Crippen LogP contribution in [-0.2, 0) is 19.1 Å². The molecule has 2 aliphatic rings. The number of nitrogens with one attached hydrogen (secondary N) is 2. The number of hydrogen-bond acceptors (Lipinski definition) is 6. The molecule has 0 aliphatic carbocycles. The third-order valence-corrected chi connectivity index (χ3v) is 6.75. The van der Waals surface area contributed by atoms with E-state index in [2.05, 4.69) is 59.1 Å². The van der Waals surface area contributed by atoms with E-state index in [1.165, 1.54) is 0 Å². The van der Waals surface area contributed by atoms with Gasteiger partial charge in [0.15, 0.2) is 0 Å². The van der Waals surface area contributed by atoms with Gasteiger partial charge in [-0.05, 0) is 67.7 Å². The van der Waals surface area contributed by atoms with Crippen LogP contribution in [0.5, 0.6) is 0 Å². The van der Waals surface area contributed by atoms with Crippen molar-refractivity contribution in [2.45, 2.75) is 160 Å². The minimum atomic E-state index is -0.0633. The van der Waals surface area contributed by atoms with Gasteiger partial charge in [0.05, 0.1) is 0 Å². The summed E-state index contributed by atoms with van der Waals surface area (Å²) in [6.07, 6.45) is 10.5. The average Bonchev–Trinajstić information content (AvgIpc) is 2.59. The summed E-state index contributed by atoms with van der Waals surface area (Å²) < 4.78 is 11.5. The Hall–Kier alpha value is -1.14. The summed E-state index contributed by atoms with van der Waals surface area (Å²) in [5, 5.41) is 7.17. The second kappa shape index (κ2) is 12.0. The third-order valence-electron chi connectivity index (χ3n) is 6.75. The number of hydrogen-bond donors (Lipinski definition) is 2. The van der Waals surface area contributed by atoms with E-state index in [0.717, 1.165) is 64.2 Å². The fourth-order valence-electron chi connectivity index (χ4n) is 5.97. The number of piperidine rings is 2. The molecule has 0 radical (unpaired) electrons. The molecular formula is C27H50N2O4. The lowest BCUT2D eigenvalue weighted by molar-refractivity contribution is -0.154. The van der Waals surface area contributed by atoms with E-state index in [0.29, 0.717) is 18.9 Å². The molecule has 2 rings (SSSR count). The van der Waals surface area contributed by atoms with Crippen LogP contribution in [0.3, 0.4) is 0 Å². The van der Waals surface area contributed by atoms with Crippen LogP contribution in [-0.4, -0.2) is 46.8 Å². The predicted molar refractivity (Wildman–Crippen MR) is 133 cm³/mol. The van der Waals surface area contributed by atoms with Crippen LogP contribution >= 0.6 is 0 Å². The molecule has 2 atom stereocenters. The van der Waals surface area contributed by atoms with Crippen LogP contribution in [0.1, 0.15) is 126 Å². The van der Waals surface area contributed by atoms with E-state index < -0.39 is 0 Å². The first kappa shape index (κ1) is 28.1. The quantitative estimate of drug-likeness (QED) is 0.313. The zero-order valence-corrected chi connectivity index (χ0v) is 22.4. The molecule has 2 heterocycles. The molecule has 6 heteroatoms. The van der Waals surface area contributed by atoms with Crippen LogP contribution < -0.4 is 10.6 Å². The van der Waals surface area contributed by atoms with Gasteiger partial charge in [0, 0.05) is 54.8 Å². The van der Waals surface area contributed by atoms with Crippen molar-refractivity contribution in [3.63, 3.8) is 0 Å². The van der Waals surface area contributed by atoms with Gasteiger partial charge in [-0.2, -0.15) is 0 Å². The molecule has 0 spiro atoms. The second-order valence-electron chi connectivity index (χ2n) is 12.5. The Kier molecular flexibility index (Phi) is 10.2. The highest BCUT2D eigenvalue weighted by atomic mass is 16.5. The highest BCUT2D eigenvalue weighted by Gasteiger charge is 2.39. The van der Waals surface area contributed by atoms with Gasteiger partial charge in [-0.25, -0.2) is 0 Å². The van der Waals surface area contributed by atoms with Gasteiger partial charge in [0.25, 0.3) is 0 Å². The van der Waals surface area contributed by atoms with Crippen molar-refractivity contribution in [2.75, 3.05) is 0 Å². The molecule has 192 valence electrons. The first-order chi connectivity index (χ1) is 15.3. The van der Waals surface area contributed by atoms with E-state index in [1.54, 1.807) is 0 Å². The maximum atomic E-state index is 12.3. The van der Waals surface area contributed by atoms with Crippen molar-refractivity contribution in [1.82, 2.24) is 10.6 Å². The number of carbonyl (C=O) groups excluding carboxylic acids is 2. The van der Waals surface area contributed by atoms with Crippen LogP contribution in [0.4, 0.5) is 0 Å². The number of esters is 2. The summed E-state index contributed by atoms with van der Waals surface area (Å²) in [7, 11) is 0. The first-order valence-electron chi connectivity index (χ1n) is 13.2. The van der Waals surface area contributed by atoms with E-state index in [1.807, 2.05) is 0 Å². The molecule has 2 aliphatic heterocycles. The minimum absolute atomic E-state index is 0.00247. The predicted octanol–water partition coefficient (Wildman–Crippen LogP) is 5.42. The minimum Gasteiger partial charge on any atom is -0.462 e. The molecule has 6 nitrogen and oxygen atoms in total. The fourth-order valence-corrected chi connectivity index (χ4v) is 5.97. The zero-order chi connectivity index (χ0) is 24.7. The van der Waals surface area contributed by atoms with Gasteiger partial charge in [-0.15, -0.1) is 0 Å². The lowest BCUT2D eigenvalue weighted by atomic mass is 9.81. The van der Waals surface area contributed by atoms with Crippen LogP contribution in [0, 0.1) is 0 Å². The Morgan fingerprint density at radius 3 is 1.61 bits per heavy atom. The second-order valence-corrected chi connectivity index (χ2v) is 12.5. The van der Waals surface area contributed by atoms with Gasteiger partial charge >= 0.3 is 11.9 Å². The molecule has 2 unspecified atom stereocenters. The molecule has 2 fully saturated rings. The summed E-state index contributed by atoms with van der Waals surface area (Å²) in [6, 6.07) is 0.377. The SMILES string of the molecule is CC1CC(OC(=O)CCCCCCCCC(=O)OC2CC(C)(C)NC(C)(C)C2)CC(C)(C)N1. The van der Waals surface area contributed by atoms with E-state index >= 15 is 0 Å². The summed E-state index contributed by atoms with van der Waals surface area (Å²) in [5.41, 5.74) is -0.000680. The molecule has 0 aromatic rings. The van der Waals surface area contributed by atoms with Crippen molar-refractivity contribution in [2.24, 2.45) is 0 Å². The summed E-state index contributed by atoms with van der Waals surface area (Å²) in [6.45, 7) is 15.2. The van der Waals surface area contributed by atoms with Gasteiger partial charge in [0.2, 0.25) is 0 Å². The molecule has 33 heavy (non-hydrogen) atoms. The summed E-state index contributed by atoms with van der Waals surface area (Å²) in [4.78, 5) is 24.5. The van der Waals surface area contributed by atoms with Crippen LogP contribution in [0.25, 0.3) is 0 Å². The molecule has 0 aromatic carbocycles. The lowest BCUT2D eigenvalue weighted by Crippen LogP contribution is -2.59. The van der Waals surface area contributed by atoms with Crippen LogP contribution in [0.2, 0.25) is 0 Å². The van der Waals surface area contributed by atoms with E-state index in [9.17, 15) is 9.59 Å². The number of ether oxygens (including phenoxy) is 2. The smallest absolute Gasteiger partial charge is 0.306 e. The molecule has 2 saturated heterocycles. The summed E-state index contributed by atoms with van der Waals surface area (Å²) >= 11 is 0. The Morgan fingerprint density at radius 2 is 1.12 bits per heavy atom. The van der Waals surface area contributed by atoms with Gasteiger partial charge in [0.1, 0.15) is 12.2 Å². The lowest BCUT2D eigenvalue weighted by Gasteiger charge is -2.45. The zero-order valence-electron chi connectivity index (χ0n) is 22.4. The largest absolute Gasteiger partial charge is 0.462 e. The first-order valence-corrected chi connectivity index (χ1v) is 13.2. The van der Waals surface area contributed by atoms with Crippen LogP contribution in [0.15, 0.2) is 0 Å². The Labute approximate surface area is 202 Å². The topological polar surface area (TPSA) is 76.7 Å². The Morgan fingerprint density at radius 1 is 0.697 bits per heavy atom. The standard InChI is InChI=1S/C27H50N2O4/c1-20-16-21(17-25(2,3)28-20)32-23(30)14-12-10-8-9-11-13-15-24(31)33-22-18-26(4,5)29-27(6,7)19-22/h20-22,28-29H,8-19H2,1-7H3. The maximum Gasteiger partial charge on any atom is 0.306 e. The van der Waals surface area contributed by atoms with Crippen molar-refractivity contribution in [1.29, 1.82) is 0 Å². The molecule has 0 aromatic heterocycles. The molecule has 2 N–H and O–H groups in total. The van der Waals surface area contributed by atoms with E-state index in [-0.39, 0.29) is 40.8 Å². The maximum absolute atomic E-state index is 12.3. The monoisotopic (exact) mass is 466 g/mol. The number of carbonyl (C=O) groups is 2. The van der Waals surface area contributed by atoms with Crippen molar-refractivity contribution < 1.29 is 19.1 Å². The fraction of sp³-hybridized carbons (Fsp3) is 0.926. The van der Waals surface area contributed by atoms with Gasteiger partial charge < -0.3 is 20.1 Å². The van der Waals surface area contributed by atoms with Gasteiger partial charge in [-0.1, -0.05) is 25.7 Å². The highest BCUT2D eigenvalue weighted by molar-refractivity contribution is 5.69. The molecular weight excluding hydrogens is 416 g/mol. The van der Waals surface area contributed by atoms with E-state index in [4.69, 9.17) is 9.47 Å². The number of unbranched alkanes of at least 4 members (excludes halogenated alkanes) is 5. The highest BCUT2D eigenvalue weighted by Crippen LogP contribution is 2.30. The average molecular weight is 467 g/mol. The Bertz CT molecular complexity index is 628. The molecule has 0 saturated carbocycles. The van der Waals surface area contributed by atoms with Crippen molar-refractivity contribution >= 4 is 11.9 Å². The number of rotatable bonds is 11. The molecule has 0 amide bonds. The van der Waals surface area contributed by atoms with Crippen molar-refractivity contribution in [3.8, 4) is 0 Å². The van der Waals surface area contributed by atoms with Crippen molar-refractivity contribution in [3.05, 3.63) is 0 Å². The Balaban J connectivity index is 1.49. The van der Waals surface area contributed by atoms with Gasteiger partial charge in [-0.3, -0.25) is 9.59 Å². The third kappa shape index (κ3) is 11.2. The normalized spacial score (nSPS) is 26.5. The summed E-state index contributed by atoms with van der Waals surface area (Å²) in [5.74, 6) is -0.122.